The van der Waals surface area contributed by atoms with Gasteiger partial charge in [-0.2, -0.15) is 0 Å². The van der Waals surface area contributed by atoms with E-state index in [-0.39, 0.29) is 34.7 Å². The van der Waals surface area contributed by atoms with Crippen LogP contribution in [0.25, 0.3) is 0 Å². The average molecular weight is 392 g/mol. The largest absolute Gasteiger partial charge is 0.452 e. The molecule has 0 aliphatic heterocycles. The lowest BCUT2D eigenvalue weighted by Crippen LogP contribution is -2.30. The molecule has 0 aromatic heterocycles. The second kappa shape index (κ2) is 7.75. The Kier molecular flexibility index (Phi) is 5.41. The number of rotatable bonds is 7. The predicted molar refractivity (Wildman–Crippen MR) is 95.1 cm³/mol. The minimum atomic E-state index is -3.88. The first-order valence-electron chi connectivity index (χ1n) is 8.18. The van der Waals surface area contributed by atoms with Crippen molar-refractivity contribution in [2.45, 2.75) is 23.8 Å². The molecule has 142 valence electrons. The van der Waals surface area contributed by atoms with E-state index in [2.05, 4.69) is 10.0 Å². The molecule has 0 atom stereocenters. The van der Waals surface area contributed by atoms with Crippen molar-refractivity contribution in [3.05, 3.63) is 59.9 Å². The molecular formula is C18H17FN2O5S. The predicted octanol–water partition coefficient (Wildman–Crippen LogP) is 2.06. The van der Waals surface area contributed by atoms with Crippen molar-refractivity contribution in [2.75, 3.05) is 11.3 Å². The molecule has 1 fully saturated rings. The summed E-state index contributed by atoms with van der Waals surface area (Å²) >= 11 is 0. The molecule has 1 aliphatic rings. The molecule has 1 aliphatic carbocycles. The molecule has 1 saturated carbocycles. The van der Waals surface area contributed by atoms with Crippen molar-refractivity contribution in [1.29, 1.82) is 0 Å². The molecule has 7 nitrogen and oxygen atoms in total. The molecule has 2 aromatic carbocycles. The number of ether oxygens (including phenoxy) is 1. The highest BCUT2D eigenvalue weighted by Gasteiger charge is 2.23. The average Bonchev–Trinajstić information content (AvgIpc) is 3.44. The first-order chi connectivity index (χ1) is 12.8. The zero-order valence-corrected chi connectivity index (χ0v) is 15.0. The maximum atomic E-state index is 12.9. The Labute approximate surface area is 155 Å². The molecule has 0 unspecified atom stereocenters. The van der Waals surface area contributed by atoms with E-state index >= 15 is 0 Å². The van der Waals surface area contributed by atoms with E-state index in [4.69, 9.17) is 4.74 Å². The number of sulfonamides is 1. The Bertz CT molecular complexity index is 939. The van der Waals surface area contributed by atoms with Crippen LogP contribution < -0.4 is 10.0 Å². The first-order valence-corrected chi connectivity index (χ1v) is 9.67. The van der Waals surface area contributed by atoms with Gasteiger partial charge in [0.1, 0.15) is 5.82 Å². The fourth-order valence-electron chi connectivity index (χ4n) is 2.21. The number of hydrogen-bond acceptors (Lipinski definition) is 5. The van der Waals surface area contributed by atoms with Gasteiger partial charge in [0.05, 0.1) is 10.5 Å². The van der Waals surface area contributed by atoms with Crippen molar-refractivity contribution in [1.82, 2.24) is 5.32 Å². The van der Waals surface area contributed by atoms with Crippen molar-refractivity contribution in [3.8, 4) is 0 Å². The van der Waals surface area contributed by atoms with Gasteiger partial charge in [-0.05, 0) is 61.4 Å². The van der Waals surface area contributed by atoms with E-state index < -0.39 is 21.8 Å². The number of nitrogens with one attached hydrogen (secondary N) is 2. The van der Waals surface area contributed by atoms with Crippen molar-refractivity contribution >= 4 is 27.6 Å². The molecule has 0 radical (unpaired) electrons. The van der Waals surface area contributed by atoms with Crippen LogP contribution in [-0.4, -0.2) is 32.9 Å². The second-order valence-electron chi connectivity index (χ2n) is 6.05. The Hall–Kier alpha value is -2.94. The highest BCUT2D eigenvalue weighted by molar-refractivity contribution is 7.92. The highest BCUT2D eigenvalue weighted by atomic mass is 32.2. The number of amides is 1. The summed E-state index contributed by atoms with van der Waals surface area (Å²) in [5.74, 6) is -1.58. The van der Waals surface area contributed by atoms with Crippen molar-refractivity contribution in [2.24, 2.45) is 0 Å². The summed E-state index contributed by atoms with van der Waals surface area (Å²) in [5.41, 5.74) is 0.404. The Morgan fingerprint density at radius 3 is 2.26 bits per heavy atom. The lowest BCUT2D eigenvalue weighted by Gasteiger charge is -2.09. The Morgan fingerprint density at radius 1 is 1.04 bits per heavy atom. The van der Waals surface area contributed by atoms with Gasteiger partial charge in [-0.15, -0.1) is 0 Å². The van der Waals surface area contributed by atoms with Gasteiger partial charge < -0.3 is 10.1 Å². The van der Waals surface area contributed by atoms with Crippen LogP contribution in [0.2, 0.25) is 0 Å². The lowest BCUT2D eigenvalue weighted by molar-refractivity contribution is -0.124. The molecule has 2 N–H and O–H groups in total. The van der Waals surface area contributed by atoms with Crippen LogP contribution in [0, 0.1) is 5.82 Å². The van der Waals surface area contributed by atoms with E-state index in [1.807, 2.05) is 0 Å². The monoisotopic (exact) mass is 392 g/mol. The van der Waals surface area contributed by atoms with Gasteiger partial charge in [0.25, 0.3) is 15.9 Å². The number of halogens is 1. The van der Waals surface area contributed by atoms with Gasteiger partial charge >= 0.3 is 5.97 Å². The quantitative estimate of drug-likeness (QED) is 0.703. The van der Waals surface area contributed by atoms with Gasteiger partial charge in [0, 0.05) is 11.7 Å². The van der Waals surface area contributed by atoms with Gasteiger partial charge in [0.15, 0.2) is 6.61 Å². The summed E-state index contributed by atoms with van der Waals surface area (Å²) in [5, 5.41) is 2.70. The number of benzene rings is 2. The molecule has 9 heteroatoms. The smallest absolute Gasteiger partial charge is 0.338 e. The first kappa shape index (κ1) is 18.8. The third kappa shape index (κ3) is 5.27. The van der Waals surface area contributed by atoms with Gasteiger partial charge in [-0.3, -0.25) is 9.52 Å². The van der Waals surface area contributed by atoms with E-state index in [0.717, 1.165) is 37.1 Å². The number of carbonyl (C=O) groups excluding carboxylic acids is 2. The van der Waals surface area contributed by atoms with Crippen LogP contribution in [0.5, 0.6) is 0 Å². The summed E-state index contributed by atoms with van der Waals surface area (Å²) in [6, 6.07) is 10.1. The van der Waals surface area contributed by atoms with Crippen molar-refractivity contribution < 1.29 is 27.1 Å². The highest BCUT2D eigenvalue weighted by Crippen LogP contribution is 2.19. The Morgan fingerprint density at radius 2 is 1.67 bits per heavy atom. The fourth-order valence-corrected chi connectivity index (χ4v) is 3.27. The van der Waals surface area contributed by atoms with E-state index in [9.17, 15) is 22.4 Å². The standard InChI is InChI=1S/C18H17FN2O5S/c19-13-3-9-16(10-4-13)27(24,25)21-15-5-1-12(2-6-15)18(23)26-11-17(22)20-14-7-8-14/h1-6,9-10,14,21H,7-8,11H2,(H,20,22). The summed E-state index contributed by atoms with van der Waals surface area (Å²) < 4.78 is 44.6. The fraction of sp³-hybridized carbons (Fsp3) is 0.222. The number of esters is 1. The lowest BCUT2D eigenvalue weighted by atomic mass is 10.2. The van der Waals surface area contributed by atoms with Crippen LogP contribution in [0.15, 0.2) is 53.4 Å². The molecular weight excluding hydrogens is 375 g/mol. The molecule has 0 spiro atoms. The number of carbonyl (C=O) groups is 2. The summed E-state index contributed by atoms with van der Waals surface area (Å²) in [7, 11) is -3.88. The SMILES string of the molecule is O=C(COC(=O)c1ccc(NS(=O)(=O)c2ccc(F)cc2)cc1)NC1CC1. The van der Waals surface area contributed by atoms with E-state index in [0.29, 0.717) is 0 Å². The van der Waals surface area contributed by atoms with E-state index in [1.165, 1.54) is 24.3 Å². The zero-order chi connectivity index (χ0) is 19.4. The topological polar surface area (TPSA) is 102 Å². The maximum Gasteiger partial charge on any atom is 0.338 e. The zero-order valence-electron chi connectivity index (χ0n) is 14.1. The van der Waals surface area contributed by atoms with Crippen LogP contribution >= 0.6 is 0 Å². The maximum absolute atomic E-state index is 12.9. The van der Waals surface area contributed by atoms with Crippen LogP contribution in [0.1, 0.15) is 23.2 Å². The molecule has 27 heavy (non-hydrogen) atoms. The molecule has 1 amide bonds. The van der Waals surface area contributed by atoms with Crippen molar-refractivity contribution in [3.63, 3.8) is 0 Å². The van der Waals surface area contributed by atoms with Crippen LogP contribution in [0.4, 0.5) is 10.1 Å². The second-order valence-corrected chi connectivity index (χ2v) is 7.74. The molecule has 0 heterocycles. The molecule has 0 bridgehead atoms. The summed E-state index contributed by atoms with van der Waals surface area (Å²) in [6.45, 7) is -0.367. The minimum Gasteiger partial charge on any atom is -0.452 e. The number of hydrogen-bond donors (Lipinski definition) is 2. The third-order valence-corrected chi connectivity index (χ3v) is 5.17. The van der Waals surface area contributed by atoms with Crippen LogP contribution in [-0.2, 0) is 19.6 Å². The Balaban J connectivity index is 1.58. The van der Waals surface area contributed by atoms with Gasteiger partial charge in [-0.1, -0.05) is 0 Å². The minimum absolute atomic E-state index is 0.0888. The van der Waals surface area contributed by atoms with E-state index in [1.54, 1.807) is 0 Å². The molecule has 3 rings (SSSR count). The van der Waals surface area contributed by atoms with Crippen LogP contribution in [0.3, 0.4) is 0 Å². The summed E-state index contributed by atoms with van der Waals surface area (Å²) in [4.78, 5) is 23.3. The summed E-state index contributed by atoms with van der Waals surface area (Å²) in [6.07, 6.45) is 1.88. The normalized spacial score (nSPS) is 13.7. The molecule has 2 aromatic rings. The van der Waals surface area contributed by atoms with Gasteiger partial charge in [0.2, 0.25) is 0 Å². The third-order valence-electron chi connectivity index (χ3n) is 3.77. The van der Waals surface area contributed by atoms with Gasteiger partial charge in [-0.25, -0.2) is 17.6 Å². The molecule has 0 saturated heterocycles. The number of anilines is 1.